The van der Waals surface area contributed by atoms with Gasteiger partial charge in [-0.2, -0.15) is 0 Å². The molecule has 94 valence electrons. The quantitative estimate of drug-likeness (QED) is 0.834. The summed E-state index contributed by atoms with van der Waals surface area (Å²) in [5, 5.41) is 10.6. The molecule has 0 saturated heterocycles. The Kier molecular flexibility index (Phi) is 3.87. The van der Waals surface area contributed by atoms with Crippen molar-refractivity contribution in [2.45, 2.75) is 18.9 Å². The van der Waals surface area contributed by atoms with Crippen molar-refractivity contribution in [3.63, 3.8) is 0 Å². The summed E-state index contributed by atoms with van der Waals surface area (Å²) in [6.45, 7) is 1.79. The van der Waals surface area contributed by atoms with E-state index in [1.807, 2.05) is 36.4 Å². The van der Waals surface area contributed by atoms with Gasteiger partial charge < -0.3 is 10.8 Å². The second-order valence-electron chi connectivity index (χ2n) is 4.51. The van der Waals surface area contributed by atoms with Crippen molar-refractivity contribution >= 4 is 28.4 Å². The lowest BCUT2D eigenvalue weighted by Crippen LogP contribution is -2.25. The monoisotopic (exact) mass is 354 g/mol. The zero-order chi connectivity index (χ0) is 13.2. The van der Waals surface area contributed by atoms with E-state index in [1.165, 1.54) is 0 Å². The highest BCUT2D eigenvalue weighted by Gasteiger charge is 2.24. The highest BCUT2D eigenvalue weighted by Crippen LogP contribution is 2.27. The molecule has 0 aliphatic heterocycles. The average molecular weight is 354 g/mol. The van der Waals surface area contributed by atoms with Crippen molar-refractivity contribution in [2.24, 2.45) is 0 Å². The Balaban J connectivity index is 2.27. The third kappa shape index (κ3) is 3.00. The minimum atomic E-state index is -0.943. The highest BCUT2D eigenvalue weighted by atomic mass is 127. The minimum absolute atomic E-state index is 0.452. The van der Waals surface area contributed by atoms with Crippen LogP contribution in [0.1, 0.15) is 18.1 Å². The number of halogens is 1. The number of pyridine rings is 1. The average Bonchev–Trinajstić information content (AvgIpc) is 2.32. The van der Waals surface area contributed by atoms with Crippen LogP contribution in [0.15, 0.2) is 42.6 Å². The predicted molar refractivity (Wildman–Crippen MR) is 81.1 cm³/mol. The lowest BCUT2D eigenvalue weighted by Gasteiger charge is -2.24. The van der Waals surface area contributed by atoms with Crippen molar-refractivity contribution in [1.29, 1.82) is 0 Å². The molecule has 0 saturated carbocycles. The number of aromatic nitrogens is 1. The van der Waals surface area contributed by atoms with Gasteiger partial charge in [0.1, 0.15) is 5.82 Å². The van der Waals surface area contributed by atoms with Gasteiger partial charge in [-0.05, 0) is 58.8 Å². The molecule has 0 amide bonds. The van der Waals surface area contributed by atoms with E-state index in [9.17, 15) is 5.11 Å². The molecule has 0 bridgehead atoms. The van der Waals surface area contributed by atoms with Gasteiger partial charge in [0, 0.05) is 16.2 Å². The second kappa shape index (κ2) is 5.24. The lowest BCUT2D eigenvalue weighted by atomic mass is 9.89. The summed E-state index contributed by atoms with van der Waals surface area (Å²) in [4.78, 5) is 4.04. The first-order valence-electron chi connectivity index (χ1n) is 5.67. The first kappa shape index (κ1) is 13.3. The van der Waals surface area contributed by atoms with E-state index in [4.69, 9.17) is 5.73 Å². The molecule has 1 aromatic carbocycles. The SMILES string of the molecule is CC(O)(Cc1cccnc1N)c1ccc(I)cc1. The van der Waals surface area contributed by atoms with Crippen molar-refractivity contribution in [2.75, 3.05) is 5.73 Å². The topological polar surface area (TPSA) is 59.1 Å². The molecule has 0 spiro atoms. The van der Waals surface area contributed by atoms with Gasteiger partial charge >= 0.3 is 0 Å². The molecule has 2 aromatic rings. The van der Waals surface area contributed by atoms with Crippen LogP contribution in [0.5, 0.6) is 0 Å². The number of hydrogen-bond donors (Lipinski definition) is 2. The van der Waals surface area contributed by atoms with E-state index in [-0.39, 0.29) is 0 Å². The van der Waals surface area contributed by atoms with Crippen LogP contribution in [-0.4, -0.2) is 10.1 Å². The molecule has 4 heteroatoms. The Morgan fingerprint density at radius 3 is 2.56 bits per heavy atom. The zero-order valence-corrected chi connectivity index (χ0v) is 12.3. The molecule has 0 radical (unpaired) electrons. The molecule has 1 atom stereocenters. The van der Waals surface area contributed by atoms with E-state index < -0.39 is 5.60 Å². The molecular formula is C14H15IN2O. The maximum atomic E-state index is 10.6. The van der Waals surface area contributed by atoms with E-state index in [0.29, 0.717) is 12.2 Å². The maximum Gasteiger partial charge on any atom is 0.126 e. The van der Waals surface area contributed by atoms with Crippen LogP contribution in [0.25, 0.3) is 0 Å². The number of hydrogen-bond acceptors (Lipinski definition) is 3. The zero-order valence-electron chi connectivity index (χ0n) is 10.1. The van der Waals surface area contributed by atoms with Gasteiger partial charge in [-0.3, -0.25) is 0 Å². The standard InChI is InChI=1S/C14H15IN2O/c1-14(18,11-4-6-12(15)7-5-11)9-10-3-2-8-17-13(10)16/h2-8,18H,9H2,1H3,(H2,16,17). The smallest absolute Gasteiger partial charge is 0.126 e. The summed E-state index contributed by atoms with van der Waals surface area (Å²) in [5.41, 5.74) is 6.61. The maximum absolute atomic E-state index is 10.6. The minimum Gasteiger partial charge on any atom is -0.385 e. The molecule has 3 N–H and O–H groups in total. The number of nitrogens with two attached hydrogens (primary N) is 1. The first-order valence-corrected chi connectivity index (χ1v) is 6.75. The fraction of sp³-hybridized carbons (Fsp3) is 0.214. The third-order valence-electron chi connectivity index (χ3n) is 2.93. The molecule has 1 unspecified atom stereocenters. The van der Waals surface area contributed by atoms with Crippen molar-refractivity contribution in [3.8, 4) is 0 Å². The normalized spacial score (nSPS) is 14.2. The van der Waals surface area contributed by atoms with Crippen molar-refractivity contribution in [1.82, 2.24) is 4.98 Å². The highest BCUT2D eigenvalue weighted by molar-refractivity contribution is 14.1. The van der Waals surface area contributed by atoms with Crippen LogP contribution in [-0.2, 0) is 12.0 Å². The fourth-order valence-electron chi connectivity index (χ4n) is 1.88. The third-order valence-corrected chi connectivity index (χ3v) is 3.65. The number of anilines is 1. The fourth-order valence-corrected chi connectivity index (χ4v) is 2.24. The Morgan fingerprint density at radius 2 is 1.94 bits per heavy atom. The summed E-state index contributed by atoms with van der Waals surface area (Å²) < 4.78 is 1.15. The molecule has 2 rings (SSSR count). The van der Waals surface area contributed by atoms with Crippen LogP contribution in [0.3, 0.4) is 0 Å². The van der Waals surface area contributed by atoms with Gasteiger partial charge in [0.25, 0.3) is 0 Å². The van der Waals surface area contributed by atoms with Crippen molar-refractivity contribution < 1.29 is 5.11 Å². The summed E-state index contributed by atoms with van der Waals surface area (Å²) in [5.74, 6) is 0.475. The summed E-state index contributed by atoms with van der Waals surface area (Å²) >= 11 is 2.24. The Hall–Kier alpha value is -1.14. The molecular weight excluding hydrogens is 339 g/mol. The predicted octanol–water partition coefficient (Wildman–Crippen LogP) is 2.72. The van der Waals surface area contributed by atoms with Crippen LogP contribution >= 0.6 is 22.6 Å². The largest absolute Gasteiger partial charge is 0.385 e. The molecule has 0 fully saturated rings. The Morgan fingerprint density at radius 1 is 1.28 bits per heavy atom. The summed E-state index contributed by atoms with van der Waals surface area (Å²) in [7, 11) is 0. The van der Waals surface area contributed by atoms with Crippen LogP contribution in [0.4, 0.5) is 5.82 Å². The van der Waals surface area contributed by atoms with Gasteiger partial charge in [0.2, 0.25) is 0 Å². The van der Waals surface area contributed by atoms with E-state index in [2.05, 4.69) is 27.6 Å². The number of aliphatic hydroxyl groups is 1. The lowest BCUT2D eigenvalue weighted by molar-refractivity contribution is 0.0577. The van der Waals surface area contributed by atoms with Gasteiger partial charge in [0.15, 0.2) is 0 Å². The van der Waals surface area contributed by atoms with Crippen LogP contribution in [0.2, 0.25) is 0 Å². The number of nitrogen functional groups attached to an aromatic ring is 1. The molecule has 0 aliphatic carbocycles. The van der Waals surface area contributed by atoms with Gasteiger partial charge in [-0.15, -0.1) is 0 Å². The van der Waals surface area contributed by atoms with E-state index in [1.54, 1.807) is 13.1 Å². The van der Waals surface area contributed by atoms with Crippen LogP contribution in [0, 0.1) is 3.57 Å². The second-order valence-corrected chi connectivity index (χ2v) is 5.75. The van der Waals surface area contributed by atoms with Crippen molar-refractivity contribution in [3.05, 3.63) is 57.3 Å². The molecule has 0 aliphatic rings. The summed E-state index contributed by atoms with van der Waals surface area (Å²) in [6.07, 6.45) is 2.10. The van der Waals surface area contributed by atoms with E-state index >= 15 is 0 Å². The molecule has 3 nitrogen and oxygen atoms in total. The number of rotatable bonds is 3. The van der Waals surface area contributed by atoms with E-state index in [0.717, 1.165) is 14.7 Å². The first-order chi connectivity index (χ1) is 8.49. The number of benzene rings is 1. The van der Waals surface area contributed by atoms with Gasteiger partial charge in [-0.1, -0.05) is 18.2 Å². The van der Waals surface area contributed by atoms with Gasteiger partial charge in [-0.25, -0.2) is 4.98 Å². The Labute approximate surface area is 120 Å². The Bertz CT molecular complexity index is 538. The number of nitrogens with zero attached hydrogens (tertiary/aromatic N) is 1. The molecule has 1 heterocycles. The summed E-state index contributed by atoms with van der Waals surface area (Å²) in [6, 6.07) is 11.6. The molecule has 18 heavy (non-hydrogen) atoms. The molecule has 1 aromatic heterocycles. The van der Waals surface area contributed by atoms with Crippen LogP contribution < -0.4 is 5.73 Å². The van der Waals surface area contributed by atoms with Gasteiger partial charge in [0.05, 0.1) is 5.60 Å².